The number of urea groups is 1. The molecule has 1 saturated heterocycles. The molecule has 1 aliphatic heterocycles. The molecule has 0 atom stereocenters. The van der Waals surface area contributed by atoms with Gasteiger partial charge in [-0.1, -0.05) is 31.2 Å². The number of piperazine rings is 1. The van der Waals surface area contributed by atoms with Crippen LogP contribution in [0.2, 0.25) is 0 Å². The monoisotopic (exact) mass is 367 g/mol. The summed E-state index contributed by atoms with van der Waals surface area (Å²) in [5.74, 6) is 0.637. The van der Waals surface area contributed by atoms with Crippen molar-refractivity contribution < 1.29 is 14.3 Å². The molecule has 0 unspecified atom stereocenters. The lowest BCUT2D eigenvalue weighted by molar-refractivity contribution is 0.0671. The number of amides is 3. The molecule has 27 heavy (non-hydrogen) atoms. The van der Waals surface area contributed by atoms with Gasteiger partial charge in [-0.15, -0.1) is 0 Å². The Morgan fingerprint density at radius 2 is 1.59 bits per heavy atom. The molecule has 0 aromatic heterocycles. The number of aryl methyl sites for hydroxylation is 1. The van der Waals surface area contributed by atoms with Crippen LogP contribution in [0.5, 0.6) is 5.75 Å². The highest BCUT2D eigenvalue weighted by Gasteiger charge is 2.25. The maximum atomic E-state index is 12.6. The van der Waals surface area contributed by atoms with Crippen LogP contribution in [0.4, 0.5) is 10.5 Å². The van der Waals surface area contributed by atoms with Crippen molar-refractivity contribution in [1.29, 1.82) is 0 Å². The van der Waals surface area contributed by atoms with Gasteiger partial charge in [-0.05, 0) is 36.2 Å². The van der Waals surface area contributed by atoms with Crippen LogP contribution in [-0.4, -0.2) is 55.0 Å². The topological polar surface area (TPSA) is 61.9 Å². The summed E-state index contributed by atoms with van der Waals surface area (Å²) in [6.45, 7) is 4.13. The van der Waals surface area contributed by atoms with E-state index in [0.717, 1.165) is 6.42 Å². The molecule has 3 amide bonds. The molecule has 1 heterocycles. The Labute approximate surface area is 159 Å². The third-order valence-corrected chi connectivity index (χ3v) is 4.81. The van der Waals surface area contributed by atoms with Crippen LogP contribution in [-0.2, 0) is 6.42 Å². The number of anilines is 1. The van der Waals surface area contributed by atoms with Crippen molar-refractivity contribution in [2.75, 3.05) is 38.6 Å². The van der Waals surface area contributed by atoms with Crippen LogP contribution >= 0.6 is 0 Å². The van der Waals surface area contributed by atoms with Crippen molar-refractivity contribution in [2.24, 2.45) is 0 Å². The maximum Gasteiger partial charge on any atom is 0.322 e. The van der Waals surface area contributed by atoms with Gasteiger partial charge in [0, 0.05) is 31.7 Å². The van der Waals surface area contributed by atoms with Crippen LogP contribution in [0.25, 0.3) is 0 Å². The average molecular weight is 367 g/mol. The molecule has 0 saturated carbocycles. The Morgan fingerprint density at radius 1 is 0.963 bits per heavy atom. The van der Waals surface area contributed by atoms with E-state index < -0.39 is 0 Å². The van der Waals surface area contributed by atoms with Crippen molar-refractivity contribution >= 4 is 17.6 Å². The van der Waals surface area contributed by atoms with Crippen molar-refractivity contribution in [2.45, 2.75) is 13.3 Å². The number of carbonyl (C=O) groups excluding carboxylic acids is 2. The van der Waals surface area contributed by atoms with E-state index in [4.69, 9.17) is 4.74 Å². The lowest BCUT2D eigenvalue weighted by Gasteiger charge is -2.34. The average Bonchev–Trinajstić information content (AvgIpc) is 2.73. The van der Waals surface area contributed by atoms with Crippen molar-refractivity contribution in [3.8, 4) is 5.75 Å². The second-order valence-corrected chi connectivity index (χ2v) is 6.46. The summed E-state index contributed by atoms with van der Waals surface area (Å²) in [5.41, 5.74) is 2.54. The third kappa shape index (κ3) is 4.39. The van der Waals surface area contributed by atoms with E-state index in [0.29, 0.717) is 43.2 Å². The summed E-state index contributed by atoms with van der Waals surface area (Å²) >= 11 is 0. The van der Waals surface area contributed by atoms with Crippen LogP contribution in [0.15, 0.2) is 48.5 Å². The highest BCUT2D eigenvalue weighted by atomic mass is 16.5. The van der Waals surface area contributed by atoms with Crippen molar-refractivity contribution in [1.82, 2.24) is 9.80 Å². The summed E-state index contributed by atoms with van der Waals surface area (Å²) in [7, 11) is 1.57. The fourth-order valence-corrected chi connectivity index (χ4v) is 3.12. The number of carbonyl (C=O) groups is 2. The zero-order valence-electron chi connectivity index (χ0n) is 15.8. The number of methoxy groups -OCH3 is 1. The second kappa shape index (κ2) is 8.58. The predicted octanol–water partition coefficient (Wildman–Crippen LogP) is 3.25. The van der Waals surface area contributed by atoms with E-state index in [2.05, 4.69) is 12.2 Å². The van der Waals surface area contributed by atoms with Crippen LogP contribution in [0.3, 0.4) is 0 Å². The first-order valence-corrected chi connectivity index (χ1v) is 9.19. The van der Waals surface area contributed by atoms with E-state index in [1.807, 2.05) is 36.4 Å². The third-order valence-electron chi connectivity index (χ3n) is 4.81. The number of nitrogens with one attached hydrogen (secondary N) is 1. The summed E-state index contributed by atoms with van der Waals surface area (Å²) in [4.78, 5) is 28.7. The van der Waals surface area contributed by atoms with Gasteiger partial charge < -0.3 is 19.9 Å². The van der Waals surface area contributed by atoms with Gasteiger partial charge in [0.15, 0.2) is 0 Å². The SMILES string of the molecule is CCc1ccc(C(=O)N2CCN(C(=O)Nc3ccccc3OC)CC2)cc1. The van der Waals surface area contributed by atoms with Crippen LogP contribution in [0.1, 0.15) is 22.8 Å². The fourth-order valence-electron chi connectivity index (χ4n) is 3.12. The summed E-state index contributed by atoms with van der Waals surface area (Å²) in [5, 5.41) is 2.88. The number of rotatable bonds is 4. The summed E-state index contributed by atoms with van der Waals surface area (Å²) < 4.78 is 5.26. The van der Waals surface area contributed by atoms with E-state index in [9.17, 15) is 9.59 Å². The molecular weight excluding hydrogens is 342 g/mol. The lowest BCUT2D eigenvalue weighted by atomic mass is 10.1. The van der Waals surface area contributed by atoms with E-state index in [1.165, 1.54) is 5.56 Å². The van der Waals surface area contributed by atoms with Gasteiger partial charge >= 0.3 is 6.03 Å². The highest BCUT2D eigenvalue weighted by molar-refractivity contribution is 5.95. The number of ether oxygens (including phenoxy) is 1. The Bertz CT molecular complexity index is 797. The minimum atomic E-state index is -0.182. The Morgan fingerprint density at radius 3 is 2.22 bits per heavy atom. The quantitative estimate of drug-likeness (QED) is 0.902. The molecule has 0 spiro atoms. The number of hydrogen-bond donors (Lipinski definition) is 1. The van der Waals surface area contributed by atoms with E-state index in [-0.39, 0.29) is 11.9 Å². The predicted molar refractivity (Wildman–Crippen MR) is 105 cm³/mol. The molecule has 0 bridgehead atoms. The first-order valence-electron chi connectivity index (χ1n) is 9.19. The molecule has 1 N–H and O–H groups in total. The van der Waals surface area contributed by atoms with Crippen molar-refractivity contribution in [3.05, 3.63) is 59.7 Å². The van der Waals surface area contributed by atoms with Gasteiger partial charge in [0.2, 0.25) is 0 Å². The number of hydrogen-bond acceptors (Lipinski definition) is 3. The zero-order valence-corrected chi connectivity index (χ0v) is 15.8. The Balaban J connectivity index is 1.56. The van der Waals surface area contributed by atoms with E-state index >= 15 is 0 Å². The number of para-hydroxylation sites is 2. The standard InChI is InChI=1S/C21H25N3O3/c1-3-16-8-10-17(11-9-16)20(25)23-12-14-24(15-13-23)21(26)22-18-6-4-5-7-19(18)27-2/h4-11H,3,12-15H2,1-2H3,(H,22,26). The minimum absolute atomic E-state index is 0.0161. The smallest absolute Gasteiger partial charge is 0.322 e. The first-order chi connectivity index (χ1) is 13.1. The molecule has 1 fully saturated rings. The maximum absolute atomic E-state index is 12.6. The molecule has 142 valence electrons. The van der Waals surface area contributed by atoms with Gasteiger partial charge in [-0.3, -0.25) is 4.79 Å². The first kappa shape index (κ1) is 18.8. The van der Waals surface area contributed by atoms with Crippen molar-refractivity contribution in [3.63, 3.8) is 0 Å². The number of benzene rings is 2. The van der Waals surface area contributed by atoms with Crippen LogP contribution < -0.4 is 10.1 Å². The van der Waals surface area contributed by atoms with Crippen LogP contribution in [0, 0.1) is 0 Å². The molecule has 1 aliphatic rings. The Hall–Kier alpha value is -3.02. The van der Waals surface area contributed by atoms with Gasteiger partial charge in [-0.25, -0.2) is 4.79 Å². The molecule has 2 aromatic carbocycles. The molecule has 0 aliphatic carbocycles. The second-order valence-electron chi connectivity index (χ2n) is 6.46. The molecule has 6 heteroatoms. The Kier molecular flexibility index (Phi) is 5.96. The zero-order chi connectivity index (χ0) is 19.2. The molecule has 0 radical (unpaired) electrons. The summed E-state index contributed by atoms with van der Waals surface area (Å²) in [6.07, 6.45) is 0.953. The largest absolute Gasteiger partial charge is 0.495 e. The van der Waals surface area contributed by atoms with Gasteiger partial charge in [-0.2, -0.15) is 0 Å². The van der Waals surface area contributed by atoms with Gasteiger partial charge in [0.05, 0.1) is 12.8 Å². The molecule has 3 rings (SSSR count). The summed E-state index contributed by atoms with van der Waals surface area (Å²) in [6, 6.07) is 14.9. The van der Waals surface area contributed by atoms with Gasteiger partial charge in [0.1, 0.15) is 5.75 Å². The van der Waals surface area contributed by atoms with E-state index in [1.54, 1.807) is 29.0 Å². The number of nitrogens with zero attached hydrogens (tertiary/aromatic N) is 2. The lowest BCUT2D eigenvalue weighted by Crippen LogP contribution is -2.51. The normalized spacial score (nSPS) is 14.0. The highest BCUT2D eigenvalue weighted by Crippen LogP contribution is 2.23. The molecule has 2 aromatic rings. The molecule has 6 nitrogen and oxygen atoms in total. The fraction of sp³-hybridized carbons (Fsp3) is 0.333. The molecular formula is C21H25N3O3. The minimum Gasteiger partial charge on any atom is -0.495 e. The van der Waals surface area contributed by atoms with Gasteiger partial charge in [0.25, 0.3) is 5.91 Å².